The van der Waals surface area contributed by atoms with Crippen LogP contribution in [0.4, 0.5) is 11.8 Å². The molecule has 0 spiro atoms. The van der Waals surface area contributed by atoms with Crippen molar-refractivity contribution < 1.29 is 0 Å². The van der Waals surface area contributed by atoms with E-state index in [9.17, 15) is 0 Å². The van der Waals surface area contributed by atoms with Crippen LogP contribution in [-0.2, 0) is 13.0 Å². The second-order valence-electron chi connectivity index (χ2n) is 7.22. The number of hydrogen-bond acceptors (Lipinski definition) is 5. The Morgan fingerprint density at radius 2 is 2.08 bits per heavy atom. The van der Waals surface area contributed by atoms with E-state index in [0.717, 1.165) is 49.7 Å². The molecule has 2 N–H and O–H groups in total. The highest BCUT2D eigenvalue weighted by molar-refractivity contribution is 5.52. The van der Waals surface area contributed by atoms with E-state index in [4.69, 9.17) is 5.73 Å². The molecule has 0 aliphatic carbocycles. The third-order valence-electron chi connectivity index (χ3n) is 5.07. The van der Waals surface area contributed by atoms with Crippen LogP contribution < -0.4 is 10.6 Å². The van der Waals surface area contributed by atoms with Gasteiger partial charge in [0.2, 0.25) is 5.95 Å². The normalized spacial score (nSPS) is 17.4. The summed E-state index contributed by atoms with van der Waals surface area (Å²) in [5, 5.41) is 0. The van der Waals surface area contributed by atoms with Crippen molar-refractivity contribution in [3.8, 4) is 0 Å². The SMILES string of the molecule is C=CCc1c(C)nc(N)nc1N(C)C[C@H]1CCN(Cc2ccccc2)C1. The van der Waals surface area contributed by atoms with Crippen molar-refractivity contribution in [1.82, 2.24) is 14.9 Å². The van der Waals surface area contributed by atoms with Gasteiger partial charge >= 0.3 is 0 Å². The molecular formula is C21H29N5. The Bertz CT molecular complexity index is 744. The maximum absolute atomic E-state index is 5.90. The number of nitrogens with zero attached hydrogens (tertiary/aromatic N) is 4. The average molecular weight is 351 g/mol. The molecule has 1 aliphatic rings. The minimum Gasteiger partial charge on any atom is -0.368 e. The highest BCUT2D eigenvalue weighted by Gasteiger charge is 2.25. The van der Waals surface area contributed by atoms with Crippen LogP contribution >= 0.6 is 0 Å². The quantitative estimate of drug-likeness (QED) is 0.777. The third kappa shape index (κ3) is 4.41. The van der Waals surface area contributed by atoms with Crippen LogP contribution in [0.25, 0.3) is 0 Å². The molecule has 26 heavy (non-hydrogen) atoms. The third-order valence-corrected chi connectivity index (χ3v) is 5.07. The van der Waals surface area contributed by atoms with Crippen LogP contribution in [0, 0.1) is 12.8 Å². The van der Waals surface area contributed by atoms with E-state index < -0.39 is 0 Å². The molecule has 2 heterocycles. The monoisotopic (exact) mass is 351 g/mol. The molecule has 5 nitrogen and oxygen atoms in total. The summed E-state index contributed by atoms with van der Waals surface area (Å²) in [6.07, 6.45) is 3.88. The number of benzene rings is 1. The molecule has 138 valence electrons. The lowest BCUT2D eigenvalue weighted by Gasteiger charge is -2.25. The first-order chi connectivity index (χ1) is 12.6. The molecule has 5 heteroatoms. The largest absolute Gasteiger partial charge is 0.368 e. The van der Waals surface area contributed by atoms with Gasteiger partial charge in [-0.25, -0.2) is 4.98 Å². The summed E-state index contributed by atoms with van der Waals surface area (Å²) in [6, 6.07) is 10.7. The Hall–Kier alpha value is -2.40. The summed E-state index contributed by atoms with van der Waals surface area (Å²) in [6.45, 7) is 10.1. The molecule has 0 amide bonds. The number of allylic oxidation sites excluding steroid dienone is 1. The van der Waals surface area contributed by atoms with Crippen molar-refractivity contribution in [3.63, 3.8) is 0 Å². The van der Waals surface area contributed by atoms with Gasteiger partial charge in [0.05, 0.1) is 0 Å². The smallest absolute Gasteiger partial charge is 0.222 e. The number of likely N-dealkylation sites (tertiary alicyclic amines) is 1. The molecular weight excluding hydrogens is 322 g/mol. The molecule has 0 bridgehead atoms. The predicted octanol–water partition coefficient (Wildman–Crippen LogP) is 3.05. The topological polar surface area (TPSA) is 58.3 Å². The van der Waals surface area contributed by atoms with Gasteiger partial charge in [-0.2, -0.15) is 4.98 Å². The maximum atomic E-state index is 5.90. The van der Waals surface area contributed by atoms with Crippen molar-refractivity contribution in [2.45, 2.75) is 26.3 Å². The minimum absolute atomic E-state index is 0.342. The van der Waals surface area contributed by atoms with Gasteiger partial charge in [0, 0.05) is 37.9 Å². The van der Waals surface area contributed by atoms with Gasteiger partial charge in [0.1, 0.15) is 5.82 Å². The zero-order valence-corrected chi connectivity index (χ0v) is 15.9. The number of aromatic nitrogens is 2. The molecule has 1 aliphatic heterocycles. The molecule has 0 unspecified atom stereocenters. The summed E-state index contributed by atoms with van der Waals surface area (Å²) in [5.74, 6) is 1.92. The second kappa shape index (κ2) is 8.32. The number of nitrogens with two attached hydrogens (primary N) is 1. The standard InChI is InChI=1S/C21H29N5/c1-4-8-19-16(2)23-21(22)24-20(19)25(3)13-18-11-12-26(15-18)14-17-9-6-5-7-10-17/h4-7,9-10,18H,1,8,11-15H2,2-3H3,(H2,22,23,24)/t18-/m1/s1. The van der Waals surface area contributed by atoms with E-state index in [-0.39, 0.29) is 0 Å². The second-order valence-corrected chi connectivity index (χ2v) is 7.22. The van der Waals surface area contributed by atoms with Gasteiger partial charge in [0.25, 0.3) is 0 Å². The highest BCUT2D eigenvalue weighted by Crippen LogP contribution is 2.25. The van der Waals surface area contributed by atoms with Gasteiger partial charge in [-0.05, 0) is 37.8 Å². The molecule has 1 saturated heterocycles. The fourth-order valence-electron chi connectivity index (χ4n) is 3.82. The van der Waals surface area contributed by atoms with E-state index in [1.807, 2.05) is 13.0 Å². The maximum Gasteiger partial charge on any atom is 0.222 e. The lowest BCUT2D eigenvalue weighted by molar-refractivity contribution is 0.317. The van der Waals surface area contributed by atoms with E-state index in [0.29, 0.717) is 11.9 Å². The van der Waals surface area contributed by atoms with Gasteiger partial charge < -0.3 is 10.6 Å². The van der Waals surface area contributed by atoms with Gasteiger partial charge in [-0.15, -0.1) is 6.58 Å². The molecule has 0 saturated carbocycles. The lowest BCUT2D eigenvalue weighted by Crippen LogP contribution is -2.30. The van der Waals surface area contributed by atoms with E-state index >= 15 is 0 Å². The van der Waals surface area contributed by atoms with Crippen LogP contribution in [0.15, 0.2) is 43.0 Å². The molecule has 1 atom stereocenters. The molecule has 0 radical (unpaired) electrons. The first-order valence-electron chi connectivity index (χ1n) is 9.28. The first kappa shape index (κ1) is 18.4. The molecule has 1 fully saturated rings. The lowest BCUT2D eigenvalue weighted by atomic mass is 10.1. The Kier molecular flexibility index (Phi) is 5.89. The predicted molar refractivity (Wildman–Crippen MR) is 108 cm³/mol. The van der Waals surface area contributed by atoms with Crippen LogP contribution in [0.3, 0.4) is 0 Å². The number of aryl methyl sites for hydroxylation is 1. The summed E-state index contributed by atoms with van der Waals surface area (Å²) in [4.78, 5) is 13.6. The summed E-state index contributed by atoms with van der Waals surface area (Å²) in [7, 11) is 2.10. The summed E-state index contributed by atoms with van der Waals surface area (Å²) < 4.78 is 0. The van der Waals surface area contributed by atoms with Gasteiger partial charge in [-0.3, -0.25) is 4.90 Å². The van der Waals surface area contributed by atoms with Crippen LogP contribution in [-0.4, -0.2) is 41.5 Å². The van der Waals surface area contributed by atoms with Crippen molar-refractivity contribution >= 4 is 11.8 Å². The minimum atomic E-state index is 0.342. The number of rotatable bonds is 7. The highest BCUT2D eigenvalue weighted by atomic mass is 15.2. The Balaban J connectivity index is 1.64. The number of anilines is 2. The first-order valence-corrected chi connectivity index (χ1v) is 9.28. The van der Waals surface area contributed by atoms with Crippen molar-refractivity contribution in [3.05, 3.63) is 59.8 Å². The fraction of sp³-hybridized carbons (Fsp3) is 0.429. The van der Waals surface area contributed by atoms with Crippen molar-refractivity contribution in [2.75, 3.05) is 37.3 Å². The van der Waals surface area contributed by atoms with E-state index in [1.54, 1.807) is 0 Å². The van der Waals surface area contributed by atoms with Crippen molar-refractivity contribution in [2.24, 2.45) is 5.92 Å². The summed E-state index contributed by atoms with van der Waals surface area (Å²) in [5.41, 5.74) is 9.34. The van der Waals surface area contributed by atoms with Crippen LogP contribution in [0.1, 0.15) is 23.2 Å². The average Bonchev–Trinajstić information content (AvgIpc) is 3.04. The van der Waals surface area contributed by atoms with Crippen LogP contribution in [0.5, 0.6) is 0 Å². The van der Waals surface area contributed by atoms with Crippen molar-refractivity contribution in [1.29, 1.82) is 0 Å². The Labute approximate surface area is 156 Å². The van der Waals surface area contributed by atoms with Gasteiger partial charge in [0.15, 0.2) is 0 Å². The zero-order chi connectivity index (χ0) is 18.5. The summed E-state index contributed by atoms with van der Waals surface area (Å²) >= 11 is 0. The molecule has 2 aromatic rings. The Morgan fingerprint density at radius 3 is 2.81 bits per heavy atom. The molecule has 1 aromatic carbocycles. The van der Waals surface area contributed by atoms with Gasteiger partial charge in [-0.1, -0.05) is 36.4 Å². The van der Waals surface area contributed by atoms with E-state index in [2.05, 4.69) is 63.7 Å². The number of hydrogen-bond donors (Lipinski definition) is 1. The van der Waals surface area contributed by atoms with E-state index in [1.165, 1.54) is 12.0 Å². The molecule has 1 aromatic heterocycles. The zero-order valence-electron chi connectivity index (χ0n) is 15.9. The Morgan fingerprint density at radius 1 is 1.31 bits per heavy atom. The number of nitrogen functional groups attached to an aromatic ring is 1. The fourth-order valence-corrected chi connectivity index (χ4v) is 3.82. The molecule has 3 rings (SSSR count). The van der Waals surface area contributed by atoms with Crippen LogP contribution in [0.2, 0.25) is 0 Å².